The van der Waals surface area contributed by atoms with Crippen LogP contribution in [0.4, 0.5) is 14.9 Å². The summed E-state index contributed by atoms with van der Waals surface area (Å²) >= 11 is 0. The van der Waals surface area contributed by atoms with Gasteiger partial charge in [0.25, 0.3) is 0 Å². The Hall–Kier alpha value is -2.55. The highest BCUT2D eigenvalue weighted by Crippen LogP contribution is 2.20. The first-order chi connectivity index (χ1) is 12.1. The monoisotopic (exact) mass is 348 g/mol. The van der Waals surface area contributed by atoms with Crippen molar-refractivity contribution in [2.24, 2.45) is 0 Å². The van der Waals surface area contributed by atoms with Crippen molar-refractivity contribution in [1.29, 1.82) is 0 Å². The van der Waals surface area contributed by atoms with Gasteiger partial charge in [-0.2, -0.15) is 4.68 Å². The van der Waals surface area contributed by atoms with Crippen LogP contribution < -0.4 is 5.32 Å². The van der Waals surface area contributed by atoms with E-state index in [1.54, 1.807) is 11.8 Å². The highest BCUT2D eigenvalue weighted by Gasteiger charge is 2.24. The minimum absolute atomic E-state index is 0.0668. The van der Waals surface area contributed by atoms with E-state index in [-0.39, 0.29) is 17.8 Å². The molecular formula is C16H21FN6O2. The molecule has 0 spiro atoms. The third kappa shape index (κ3) is 3.93. The molecule has 0 radical (unpaired) electrons. The van der Waals surface area contributed by atoms with Gasteiger partial charge in [-0.15, -0.1) is 5.10 Å². The van der Waals surface area contributed by atoms with Crippen LogP contribution in [0.3, 0.4) is 0 Å². The molecule has 2 amide bonds. The van der Waals surface area contributed by atoms with Crippen LogP contribution in [0.5, 0.6) is 0 Å². The topological polar surface area (TPSA) is 85.2 Å². The van der Waals surface area contributed by atoms with Gasteiger partial charge in [0.05, 0.1) is 6.10 Å². The number of urea groups is 1. The molecule has 134 valence electrons. The number of tetrazole rings is 1. The van der Waals surface area contributed by atoms with Crippen LogP contribution in [0, 0.1) is 12.7 Å². The number of ether oxygens (including phenoxy) is 1. The van der Waals surface area contributed by atoms with Crippen LogP contribution in [0.15, 0.2) is 18.2 Å². The van der Waals surface area contributed by atoms with Gasteiger partial charge in [-0.25, -0.2) is 9.18 Å². The number of rotatable bonds is 4. The Morgan fingerprint density at radius 2 is 2.32 bits per heavy atom. The van der Waals surface area contributed by atoms with Crippen molar-refractivity contribution < 1.29 is 13.9 Å². The molecule has 1 aromatic heterocycles. The molecule has 9 heteroatoms. The maximum Gasteiger partial charge on any atom is 0.321 e. The Morgan fingerprint density at radius 3 is 3.04 bits per heavy atom. The molecule has 3 rings (SSSR count). The van der Waals surface area contributed by atoms with E-state index in [0.29, 0.717) is 31.2 Å². The number of amides is 2. The van der Waals surface area contributed by atoms with Gasteiger partial charge in [0.15, 0.2) is 5.82 Å². The smallest absolute Gasteiger partial charge is 0.321 e. The molecule has 25 heavy (non-hydrogen) atoms. The number of piperidine rings is 1. The van der Waals surface area contributed by atoms with Crippen LogP contribution in [0.2, 0.25) is 0 Å². The zero-order chi connectivity index (χ0) is 17.8. The Labute approximate surface area is 145 Å². The van der Waals surface area contributed by atoms with E-state index < -0.39 is 5.82 Å². The summed E-state index contributed by atoms with van der Waals surface area (Å²) in [5.74, 6) is -0.0132. The summed E-state index contributed by atoms with van der Waals surface area (Å²) in [6, 6.07) is 4.09. The van der Waals surface area contributed by atoms with Crippen LogP contribution in [-0.4, -0.2) is 56.9 Å². The normalized spacial score (nSPS) is 17.6. The number of likely N-dealkylation sites (tertiary alicyclic amines) is 1. The van der Waals surface area contributed by atoms with Crippen LogP contribution in [-0.2, 0) is 4.74 Å². The van der Waals surface area contributed by atoms with Crippen molar-refractivity contribution in [2.45, 2.75) is 32.8 Å². The molecule has 0 unspecified atom stereocenters. The lowest BCUT2D eigenvalue weighted by Crippen LogP contribution is -2.45. The summed E-state index contributed by atoms with van der Waals surface area (Å²) in [5.41, 5.74) is 0.668. The highest BCUT2D eigenvalue weighted by molar-refractivity contribution is 5.89. The number of benzene rings is 1. The number of nitrogens with one attached hydrogen (secondary N) is 1. The van der Waals surface area contributed by atoms with Crippen molar-refractivity contribution in [3.63, 3.8) is 0 Å². The van der Waals surface area contributed by atoms with Gasteiger partial charge in [-0.1, -0.05) is 0 Å². The van der Waals surface area contributed by atoms with Crippen molar-refractivity contribution in [2.75, 3.05) is 25.0 Å². The largest absolute Gasteiger partial charge is 0.377 e. The van der Waals surface area contributed by atoms with E-state index in [9.17, 15) is 9.18 Å². The maximum atomic E-state index is 14.1. The zero-order valence-corrected chi connectivity index (χ0v) is 14.3. The number of anilines is 1. The Balaban J connectivity index is 1.72. The average molecular weight is 348 g/mol. The van der Waals surface area contributed by atoms with E-state index in [4.69, 9.17) is 4.74 Å². The van der Waals surface area contributed by atoms with Gasteiger partial charge < -0.3 is 15.0 Å². The van der Waals surface area contributed by atoms with Gasteiger partial charge in [0, 0.05) is 25.4 Å². The molecule has 1 atom stereocenters. The van der Waals surface area contributed by atoms with E-state index in [2.05, 4.69) is 20.8 Å². The second-order valence-corrected chi connectivity index (χ2v) is 5.90. The van der Waals surface area contributed by atoms with Crippen LogP contribution in [0.1, 0.15) is 25.6 Å². The minimum Gasteiger partial charge on any atom is -0.377 e. The SMILES string of the molecule is CCO[C@@H]1CCCN(C(=O)Nc2ccc(F)c(-n3nnnc3C)c2)C1. The first-order valence-electron chi connectivity index (χ1n) is 8.31. The lowest BCUT2D eigenvalue weighted by molar-refractivity contribution is 0.0181. The van der Waals surface area contributed by atoms with E-state index in [1.165, 1.54) is 22.9 Å². The molecule has 1 saturated heterocycles. The van der Waals surface area contributed by atoms with Crippen molar-refractivity contribution in [3.05, 3.63) is 29.8 Å². The van der Waals surface area contributed by atoms with Gasteiger partial charge in [-0.05, 0) is 55.3 Å². The van der Waals surface area contributed by atoms with E-state index >= 15 is 0 Å². The fraction of sp³-hybridized carbons (Fsp3) is 0.500. The fourth-order valence-corrected chi connectivity index (χ4v) is 2.90. The molecule has 0 aliphatic carbocycles. The molecule has 1 N–H and O–H groups in total. The van der Waals surface area contributed by atoms with Gasteiger partial charge in [0.2, 0.25) is 0 Å². The van der Waals surface area contributed by atoms with Crippen LogP contribution >= 0.6 is 0 Å². The lowest BCUT2D eigenvalue weighted by Gasteiger charge is -2.32. The summed E-state index contributed by atoms with van der Waals surface area (Å²) in [7, 11) is 0. The first kappa shape index (κ1) is 17.3. The number of carbonyl (C=O) groups is 1. The molecular weight excluding hydrogens is 327 g/mol. The quantitative estimate of drug-likeness (QED) is 0.915. The summed E-state index contributed by atoms with van der Waals surface area (Å²) < 4.78 is 21.0. The molecule has 0 saturated carbocycles. The summed E-state index contributed by atoms with van der Waals surface area (Å²) in [6.45, 7) is 5.48. The highest BCUT2D eigenvalue weighted by atomic mass is 19.1. The minimum atomic E-state index is -0.470. The predicted octanol–water partition coefficient (Wildman–Crippen LogP) is 2.14. The lowest BCUT2D eigenvalue weighted by atomic mass is 10.1. The third-order valence-electron chi connectivity index (χ3n) is 4.12. The Morgan fingerprint density at radius 1 is 1.48 bits per heavy atom. The second kappa shape index (κ2) is 7.56. The molecule has 2 heterocycles. The number of aryl methyl sites for hydroxylation is 1. The third-order valence-corrected chi connectivity index (χ3v) is 4.12. The number of aromatic nitrogens is 4. The molecule has 1 aliphatic heterocycles. The van der Waals surface area contributed by atoms with Crippen LogP contribution in [0.25, 0.3) is 5.69 Å². The Kier molecular flexibility index (Phi) is 5.22. The standard InChI is InChI=1S/C16H21FN6O2/c1-3-25-13-5-4-8-22(10-13)16(24)18-12-6-7-14(17)15(9-12)23-11(2)19-20-21-23/h6-7,9,13H,3-5,8,10H2,1-2H3,(H,18,24)/t13-/m1/s1. The number of hydrogen-bond acceptors (Lipinski definition) is 5. The summed E-state index contributed by atoms with van der Waals surface area (Å²) in [4.78, 5) is 14.2. The second-order valence-electron chi connectivity index (χ2n) is 5.90. The molecule has 2 aromatic rings. The van der Waals surface area contributed by atoms with Gasteiger partial charge in [0.1, 0.15) is 11.5 Å². The number of hydrogen-bond donors (Lipinski definition) is 1. The number of carbonyl (C=O) groups excluding carboxylic acids is 1. The molecule has 0 bridgehead atoms. The first-order valence-corrected chi connectivity index (χ1v) is 8.31. The summed E-state index contributed by atoms with van der Waals surface area (Å²) in [5, 5.41) is 13.8. The van der Waals surface area contributed by atoms with Gasteiger partial charge >= 0.3 is 6.03 Å². The van der Waals surface area contributed by atoms with E-state index in [1.807, 2.05) is 6.92 Å². The average Bonchev–Trinajstić information content (AvgIpc) is 3.03. The van der Waals surface area contributed by atoms with E-state index in [0.717, 1.165) is 12.8 Å². The summed E-state index contributed by atoms with van der Waals surface area (Å²) in [6.07, 6.45) is 1.92. The number of halogens is 1. The molecule has 1 aromatic carbocycles. The van der Waals surface area contributed by atoms with Crippen molar-refractivity contribution in [3.8, 4) is 5.69 Å². The predicted molar refractivity (Wildman–Crippen MR) is 89.1 cm³/mol. The molecule has 1 fully saturated rings. The fourth-order valence-electron chi connectivity index (χ4n) is 2.90. The Bertz CT molecular complexity index is 748. The van der Waals surface area contributed by atoms with Crippen molar-refractivity contribution >= 4 is 11.7 Å². The zero-order valence-electron chi connectivity index (χ0n) is 14.3. The van der Waals surface area contributed by atoms with Gasteiger partial charge in [-0.3, -0.25) is 0 Å². The molecule has 1 aliphatic rings. The maximum absolute atomic E-state index is 14.1. The number of nitrogens with zero attached hydrogens (tertiary/aromatic N) is 5. The van der Waals surface area contributed by atoms with Crippen molar-refractivity contribution in [1.82, 2.24) is 25.1 Å². The molecule has 8 nitrogen and oxygen atoms in total.